The van der Waals surface area contributed by atoms with E-state index in [1.54, 1.807) is 12.1 Å². The molecule has 1 aliphatic carbocycles. The minimum absolute atomic E-state index is 0.168. The number of allylic oxidation sites excluding steroid dienone is 1. The summed E-state index contributed by atoms with van der Waals surface area (Å²) in [6, 6.07) is 5.29. The van der Waals surface area contributed by atoms with Crippen LogP contribution in [-0.4, -0.2) is 13.2 Å². The molecule has 2 rings (SSSR count). The van der Waals surface area contributed by atoms with Gasteiger partial charge in [0.15, 0.2) is 11.6 Å². The molecule has 0 saturated heterocycles. The number of hydrogen-bond acceptors (Lipinski definition) is 2. The zero-order chi connectivity index (χ0) is 12.3. The second-order valence-electron chi connectivity index (χ2n) is 4.53. The summed E-state index contributed by atoms with van der Waals surface area (Å²) in [6.45, 7) is 0. The van der Waals surface area contributed by atoms with Gasteiger partial charge in [-0.05, 0) is 43.4 Å². The number of nitrogens with two attached hydrogens (primary N) is 1. The van der Waals surface area contributed by atoms with Crippen LogP contribution in [0, 0.1) is 5.82 Å². The standard InChI is InChI=1S/C14H18FNO/c1-17-14-6-5-11(9-13(14)15)7-10-3-2-4-12(16)8-10/h5-6,8-9,12H,2-4,7,16H2,1H3. The lowest BCUT2D eigenvalue weighted by Gasteiger charge is -2.18. The smallest absolute Gasteiger partial charge is 0.165 e. The fraction of sp³-hybridized carbons (Fsp3) is 0.429. The monoisotopic (exact) mass is 235 g/mol. The van der Waals surface area contributed by atoms with Crippen molar-refractivity contribution in [3.8, 4) is 5.75 Å². The highest BCUT2D eigenvalue weighted by Gasteiger charge is 2.11. The lowest BCUT2D eigenvalue weighted by Crippen LogP contribution is -2.20. The van der Waals surface area contributed by atoms with Crippen LogP contribution in [0.25, 0.3) is 0 Å². The average molecular weight is 235 g/mol. The number of methoxy groups -OCH3 is 1. The molecule has 17 heavy (non-hydrogen) atoms. The largest absolute Gasteiger partial charge is 0.494 e. The molecule has 0 radical (unpaired) electrons. The summed E-state index contributed by atoms with van der Waals surface area (Å²) in [6.07, 6.45) is 6.16. The number of benzene rings is 1. The van der Waals surface area contributed by atoms with Crippen molar-refractivity contribution >= 4 is 0 Å². The highest BCUT2D eigenvalue weighted by molar-refractivity contribution is 5.32. The minimum Gasteiger partial charge on any atom is -0.494 e. The molecule has 1 aromatic carbocycles. The Balaban J connectivity index is 2.11. The van der Waals surface area contributed by atoms with Gasteiger partial charge in [0, 0.05) is 6.04 Å². The Bertz CT molecular complexity index is 428. The van der Waals surface area contributed by atoms with Crippen molar-refractivity contribution in [3.63, 3.8) is 0 Å². The molecular formula is C14H18FNO. The number of rotatable bonds is 3. The Kier molecular flexibility index (Phi) is 3.79. The molecule has 0 bridgehead atoms. The zero-order valence-corrected chi connectivity index (χ0v) is 10.1. The van der Waals surface area contributed by atoms with Crippen LogP contribution >= 0.6 is 0 Å². The first-order chi connectivity index (χ1) is 8.19. The maximum Gasteiger partial charge on any atom is 0.165 e. The van der Waals surface area contributed by atoms with E-state index >= 15 is 0 Å². The van der Waals surface area contributed by atoms with E-state index in [1.165, 1.54) is 12.7 Å². The van der Waals surface area contributed by atoms with Gasteiger partial charge < -0.3 is 10.5 Å². The quantitative estimate of drug-likeness (QED) is 0.818. The van der Waals surface area contributed by atoms with Gasteiger partial charge in [0.2, 0.25) is 0 Å². The van der Waals surface area contributed by atoms with Gasteiger partial charge in [-0.2, -0.15) is 0 Å². The van der Waals surface area contributed by atoms with Gasteiger partial charge in [-0.15, -0.1) is 0 Å². The lowest BCUT2D eigenvalue weighted by molar-refractivity contribution is 0.386. The molecule has 1 aliphatic rings. The molecule has 0 heterocycles. The first kappa shape index (κ1) is 12.1. The maximum absolute atomic E-state index is 13.5. The highest BCUT2D eigenvalue weighted by Crippen LogP contribution is 2.23. The molecular weight excluding hydrogens is 217 g/mol. The van der Waals surface area contributed by atoms with Crippen LogP contribution in [0.1, 0.15) is 24.8 Å². The third kappa shape index (κ3) is 3.07. The molecule has 0 spiro atoms. The summed E-state index contributed by atoms with van der Waals surface area (Å²) < 4.78 is 18.4. The van der Waals surface area contributed by atoms with E-state index in [9.17, 15) is 4.39 Å². The highest BCUT2D eigenvalue weighted by atomic mass is 19.1. The van der Waals surface area contributed by atoms with Crippen molar-refractivity contribution < 1.29 is 9.13 Å². The van der Waals surface area contributed by atoms with Crippen LogP contribution in [-0.2, 0) is 6.42 Å². The molecule has 0 aliphatic heterocycles. The average Bonchev–Trinajstić information content (AvgIpc) is 2.29. The summed E-state index contributed by atoms with van der Waals surface area (Å²) in [5.74, 6) is -0.00576. The number of halogens is 1. The van der Waals surface area contributed by atoms with Crippen molar-refractivity contribution in [1.82, 2.24) is 0 Å². The molecule has 92 valence electrons. The first-order valence-corrected chi connectivity index (χ1v) is 5.96. The van der Waals surface area contributed by atoms with Gasteiger partial charge in [-0.25, -0.2) is 4.39 Å². The first-order valence-electron chi connectivity index (χ1n) is 5.96. The molecule has 2 nitrogen and oxygen atoms in total. The van der Waals surface area contributed by atoms with Gasteiger partial charge in [0.05, 0.1) is 7.11 Å². The molecule has 3 heteroatoms. The molecule has 0 amide bonds. The van der Waals surface area contributed by atoms with Crippen LogP contribution in [0.3, 0.4) is 0 Å². The third-order valence-electron chi connectivity index (χ3n) is 3.13. The van der Waals surface area contributed by atoms with E-state index in [4.69, 9.17) is 10.5 Å². The van der Waals surface area contributed by atoms with Gasteiger partial charge in [0.1, 0.15) is 0 Å². The molecule has 0 aromatic heterocycles. The predicted octanol–water partition coefficient (Wildman–Crippen LogP) is 2.81. The Morgan fingerprint density at radius 1 is 1.47 bits per heavy atom. The Hall–Kier alpha value is -1.35. The Morgan fingerprint density at radius 2 is 2.29 bits per heavy atom. The van der Waals surface area contributed by atoms with Crippen LogP contribution in [0.5, 0.6) is 5.75 Å². The number of ether oxygens (including phenoxy) is 1. The normalized spacial score (nSPS) is 19.9. The molecule has 1 aromatic rings. The topological polar surface area (TPSA) is 35.2 Å². The van der Waals surface area contributed by atoms with Crippen LogP contribution in [0.4, 0.5) is 4.39 Å². The van der Waals surface area contributed by atoms with Gasteiger partial charge >= 0.3 is 0 Å². The summed E-state index contributed by atoms with van der Waals surface area (Å²) in [4.78, 5) is 0. The SMILES string of the molecule is COc1ccc(CC2=CC(N)CCC2)cc1F. The Morgan fingerprint density at radius 3 is 2.94 bits per heavy atom. The van der Waals surface area contributed by atoms with E-state index < -0.39 is 0 Å². The zero-order valence-electron chi connectivity index (χ0n) is 10.1. The third-order valence-corrected chi connectivity index (χ3v) is 3.13. The van der Waals surface area contributed by atoms with Gasteiger partial charge in [-0.1, -0.05) is 17.7 Å². The van der Waals surface area contributed by atoms with Crippen molar-refractivity contribution in [3.05, 3.63) is 41.2 Å². The van der Waals surface area contributed by atoms with E-state index in [0.717, 1.165) is 31.2 Å². The molecule has 0 saturated carbocycles. The molecule has 0 fully saturated rings. The second-order valence-corrected chi connectivity index (χ2v) is 4.53. The van der Waals surface area contributed by atoms with E-state index in [1.807, 2.05) is 6.07 Å². The summed E-state index contributed by atoms with van der Waals surface area (Å²) in [7, 11) is 1.47. The van der Waals surface area contributed by atoms with Gasteiger partial charge in [-0.3, -0.25) is 0 Å². The molecule has 1 unspecified atom stereocenters. The van der Waals surface area contributed by atoms with Crippen molar-refractivity contribution in [2.75, 3.05) is 7.11 Å². The van der Waals surface area contributed by atoms with Crippen molar-refractivity contribution in [2.24, 2.45) is 5.73 Å². The number of hydrogen-bond donors (Lipinski definition) is 1. The predicted molar refractivity (Wildman–Crippen MR) is 66.6 cm³/mol. The van der Waals surface area contributed by atoms with Gasteiger partial charge in [0.25, 0.3) is 0 Å². The van der Waals surface area contributed by atoms with E-state index in [2.05, 4.69) is 6.08 Å². The van der Waals surface area contributed by atoms with E-state index in [0.29, 0.717) is 5.75 Å². The lowest BCUT2D eigenvalue weighted by atomic mass is 9.92. The maximum atomic E-state index is 13.5. The Labute approximate surface area is 101 Å². The summed E-state index contributed by atoms with van der Waals surface area (Å²) >= 11 is 0. The van der Waals surface area contributed by atoms with Crippen molar-refractivity contribution in [1.29, 1.82) is 0 Å². The van der Waals surface area contributed by atoms with E-state index in [-0.39, 0.29) is 11.9 Å². The van der Waals surface area contributed by atoms with Crippen molar-refractivity contribution in [2.45, 2.75) is 31.7 Å². The summed E-state index contributed by atoms with van der Waals surface area (Å²) in [5, 5.41) is 0. The van der Waals surface area contributed by atoms with Crippen LogP contribution < -0.4 is 10.5 Å². The second kappa shape index (κ2) is 5.32. The molecule has 2 N–H and O–H groups in total. The molecule has 1 atom stereocenters. The minimum atomic E-state index is -0.300. The fourth-order valence-corrected chi connectivity index (χ4v) is 2.26. The van der Waals surface area contributed by atoms with Crippen LogP contribution in [0.2, 0.25) is 0 Å². The van der Waals surface area contributed by atoms with Crippen LogP contribution in [0.15, 0.2) is 29.8 Å². The fourth-order valence-electron chi connectivity index (χ4n) is 2.26. The summed E-state index contributed by atoms with van der Waals surface area (Å²) in [5.41, 5.74) is 8.17.